The Labute approximate surface area is 130 Å². The summed E-state index contributed by atoms with van der Waals surface area (Å²) in [5.41, 5.74) is 2.43. The maximum Gasteiger partial charge on any atom is 0.272 e. The average Bonchev–Trinajstić information content (AvgIpc) is 2.59. The molecule has 22 heavy (non-hydrogen) atoms. The van der Waals surface area contributed by atoms with Gasteiger partial charge in [0.05, 0.1) is 18.1 Å². The average molecular weight is 299 g/mol. The lowest BCUT2D eigenvalue weighted by Gasteiger charge is -2.35. The maximum atomic E-state index is 12.5. The van der Waals surface area contributed by atoms with Gasteiger partial charge in [-0.2, -0.15) is 10.2 Å². The van der Waals surface area contributed by atoms with Crippen LogP contribution in [0, 0.1) is 0 Å². The summed E-state index contributed by atoms with van der Waals surface area (Å²) < 4.78 is 0. The molecule has 0 saturated carbocycles. The number of amides is 1. The Kier molecular flexibility index (Phi) is 5.41. The number of aromatic nitrogens is 2. The molecule has 1 aromatic heterocycles. The molecule has 1 aliphatic rings. The molecule has 2 heterocycles. The molecule has 1 saturated heterocycles. The topological polar surface area (TPSA) is 61.7 Å². The molecule has 0 atom stereocenters. The van der Waals surface area contributed by atoms with Crippen LogP contribution in [-0.2, 0) is 4.79 Å². The highest BCUT2D eigenvalue weighted by atomic mass is 16.2. The first-order valence-electron chi connectivity index (χ1n) is 7.28. The third-order valence-corrected chi connectivity index (χ3v) is 3.71. The predicted octanol–water partition coefficient (Wildman–Crippen LogP) is 1.68. The third kappa shape index (κ3) is 3.78. The molecule has 0 unspecified atom stereocenters. The van der Waals surface area contributed by atoms with Crippen molar-refractivity contribution in [3.05, 3.63) is 41.9 Å². The normalized spacial score (nSPS) is 16.6. The van der Waals surface area contributed by atoms with E-state index in [0.29, 0.717) is 18.8 Å². The quantitative estimate of drug-likeness (QED) is 0.482. The van der Waals surface area contributed by atoms with Crippen LogP contribution in [0.2, 0.25) is 0 Å². The van der Waals surface area contributed by atoms with Crippen molar-refractivity contribution in [2.45, 2.75) is 13.8 Å². The van der Waals surface area contributed by atoms with E-state index in [9.17, 15) is 4.79 Å². The van der Waals surface area contributed by atoms with E-state index in [1.165, 1.54) is 0 Å². The standard InChI is InChI=1S/C16H21N5O/c1-4-13(2)11-15(17-3)16(22)21-9-7-20(8-10-21)14-5-6-18-19-12-14/h4-6,11-12H,3,7-10H2,1-2H3/b13-4-,15-11-. The van der Waals surface area contributed by atoms with Crippen molar-refractivity contribution in [1.82, 2.24) is 15.1 Å². The zero-order valence-corrected chi connectivity index (χ0v) is 13.1. The zero-order chi connectivity index (χ0) is 15.9. The second kappa shape index (κ2) is 7.49. The molecule has 6 nitrogen and oxygen atoms in total. The predicted molar refractivity (Wildman–Crippen MR) is 87.9 cm³/mol. The lowest BCUT2D eigenvalue weighted by molar-refractivity contribution is -0.127. The summed E-state index contributed by atoms with van der Waals surface area (Å²) in [6, 6.07) is 1.93. The van der Waals surface area contributed by atoms with Gasteiger partial charge in [-0.15, -0.1) is 0 Å². The van der Waals surface area contributed by atoms with E-state index in [-0.39, 0.29) is 5.91 Å². The molecule has 1 amide bonds. The van der Waals surface area contributed by atoms with E-state index in [4.69, 9.17) is 0 Å². The monoisotopic (exact) mass is 299 g/mol. The molecule has 0 aromatic carbocycles. The number of nitrogens with zero attached hydrogens (tertiary/aromatic N) is 5. The Morgan fingerprint density at radius 2 is 2.05 bits per heavy atom. The maximum absolute atomic E-state index is 12.5. The van der Waals surface area contributed by atoms with Crippen molar-refractivity contribution in [1.29, 1.82) is 0 Å². The minimum atomic E-state index is -0.0660. The summed E-state index contributed by atoms with van der Waals surface area (Å²) in [7, 11) is 0. The lowest BCUT2D eigenvalue weighted by Crippen LogP contribution is -2.49. The first kappa shape index (κ1) is 15.9. The SMILES string of the molecule is C=N/C(=C\C(C)=C/C)C(=O)N1CCN(c2ccnnc2)CC1. The van der Waals surface area contributed by atoms with Crippen LogP contribution in [0.25, 0.3) is 0 Å². The highest BCUT2D eigenvalue weighted by Crippen LogP contribution is 2.16. The molecule has 1 fully saturated rings. The molecule has 0 radical (unpaired) electrons. The summed E-state index contributed by atoms with van der Waals surface area (Å²) in [6.45, 7) is 10.2. The van der Waals surface area contributed by atoms with Crippen LogP contribution < -0.4 is 4.90 Å². The van der Waals surface area contributed by atoms with Crippen molar-refractivity contribution < 1.29 is 4.79 Å². The van der Waals surface area contributed by atoms with Crippen molar-refractivity contribution in [3.8, 4) is 0 Å². The van der Waals surface area contributed by atoms with E-state index < -0.39 is 0 Å². The van der Waals surface area contributed by atoms with Crippen LogP contribution in [0.5, 0.6) is 0 Å². The number of anilines is 1. The fourth-order valence-corrected chi connectivity index (χ4v) is 2.27. The van der Waals surface area contributed by atoms with Crippen LogP contribution in [-0.4, -0.2) is 53.9 Å². The third-order valence-electron chi connectivity index (χ3n) is 3.71. The van der Waals surface area contributed by atoms with Gasteiger partial charge in [0.1, 0.15) is 5.70 Å². The Balaban J connectivity index is 2.00. The van der Waals surface area contributed by atoms with E-state index >= 15 is 0 Å². The Hall–Kier alpha value is -2.50. The summed E-state index contributed by atoms with van der Waals surface area (Å²) in [5, 5.41) is 7.67. The summed E-state index contributed by atoms with van der Waals surface area (Å²) >= 11 is 0. The van der Waals surface area contributed by atoms with Crippen LogP contribution in [0.1, 0.15) is 13.8 Å². The minimum Gasteiger partial charge on any atom is -0.367 e. The molecule has 2 rings (SSSR count). The van der Waals surface area contributed by atoms with E-state index in [1.54, 1.807) is 18.5 Å². The molecule has 116 valence electrons. The molecular weight excluding hydrogens is 278 g/mol. The summed E-state index contributed by atoms with van der Waals surface area (Å²) in [6.07, 6.45) is 7.13. The van der Waals surface area contributed by atoms with Crippen molar-refractivity contribution in [2.24, 2.45) is 4.99 Å². The first-order valence-corrected chi connectivity index (χ1v) is 7.28. The molecule has 0 N–H and O–H groups in total. The lowest BCUT2D eigenvalue weighted by atomic mass is 10.2. The Morgan fingerprint density at radius 1 is 1.32 bits per heavy atom. The van der Waals surface area contributed by atoms with E-state index in [2.05, 4.69) is 26.8 Å². The summed E-state index contributed by atoms with van der Waals surface area (Å²) in [5.74, 6) is -0.0660. The van der Waals surface area contributed by atoms with Gasteiger partial charge in [0.25, 0.3) is 5.91 Å². The fourth-order valence-electron chi connectivity index (χ4n) is 2.27. The zero-order valence-electron chi connectivity index (χ0n) is 13.1. The number of allylic oxidation sites excluding steroid dienone is 3. The highest BCUT2D eigenvalue weighted by molar-refractivity contribution is 5.94. The van der Waals surface area contributed by atoms with Crippen LogP contribution in [0.4, 0.5) is 5.69 Å². The Bertz CT molecular complexity index is 586. The number of aliphatic imine (C=N–C) groups is 1. The van der Waals surface area contributed by atoms with Crippen molar-refractivity contribution >= 4 is 18.3 Å². The van der Waals surface area contributed by atoms with Gasteiger partial charge in [-0.3, -0.25) is 9.79 Å². The molecule has 0 spiro atoms. The van der Waals surface area contributed by atoms with Gasteiger partial charge < -0.3 is 9.80 Å². The van der Waals surface area contributed by atoms with E-state index in [0.717, 1.165) is 24.4 Å². The smallest absolute Gasteiger partial charge is 0.272 e. The number of rotatable bonds is 4. The van der Waals surface area contributed by atoms with Crippen LogP contribution >= 0.6 is 0 Å². The fraction of sp³-hybridized carbons (Fsp3) is 0.375. The molecule has 0 bridgehead atoms. The van der Waals surface area contributed by atoms with Crippen LogP contribution in [0.3, 0.4) is 0 Å². The Morgan fingerprint density at radius 3 is 2.59 bits per heavy atom. The van der Waals surface area contributed by atoms with Gasteiger partial charge in [0, 0.05) is 26.2 Å². The van der Waals surface area contributed by atoms with Gasteiger partial charge in [-0.05, 0) is 32.7 Å². The van der Waals surface area contributed by atoms with Crippen LogP contribution in [0.15, 0.2) is 46.9 Å². The first-order chi connectivity index (χ1) is 10.7. The number of carbonyl (C=O) groups is 1. The number of piperazine rings is 1. The van der Waals surface area contributed by atoms with Crippen molar-refractivity contribution in [3.63, 3.8) is 0 Å². The summed E-state index contributed by atoms with van der Waals surface area (Å²) in [4.78, 5) is 20.4. The van der Waals surface area contributed by atoms with E-state index in [1.807, 2.05) is 30.9 Å². The number of hydrogen-bond donors (Lipinski definition) is 0. The van der Waals surface area contributed by atoms with Gasteiger partial charge in [0.2, 0.25) is 0 Å². The molecule has 0 aliphatic carbocycles. The molecule has 1 aliphatic heterocycles. The highest BCUT2D eigenvalue weighted by Gasteiger charge is 2.23. The second-order valence-electron chi connectivity index (χ2n) is 5.10. The van der Waals surface area contributed by atoms with Crippen molar-refractivity contribution in [2.75, 3.05) is 31.1 Å². The number of hydrogen-bond acceptors (Lipinski definition) is 5. The molecule has 6 heteroatoms. The second-order valence-corrected chi connectivity index (χ2v) is 5.10. The molecule has 1 aromatic rings. The molecular formula is C16H21N5O. The number of carbonyl (C=O) groups excluding carboxylic acids is 1. The van der Waals surface area contributed by atoms with Gasteiger partial charge in [-0.1, -0.05) is 11.6 Å². The van der Waals surface area contributed by atoms with Gasteiger partial charge in [0.15, 0.2) is 0 Å². The van der Waals surface area contributed by atoms with Gasteiger partial charge >= 0.3 is 0 Å². The van der Waals surface area contributed by atoms with Gasteiger partial charge in [-0.25, -0.2) is 0 Å². The minimum absolute atomic E-state index is 0.0660. The largest absolute Gasteiger partial charge is 0.367 e.